The van der Waals surface area contributed by atoms with Crippen molar-refractivity contribution < 1.29 is 28.6 Å². The standard InChI is InChI=1S/C22H18N2O6/c1-12-5-7-15(20(25)23-12)24-21(26)14-3-2-4-17(19(14)22(24)27)28-10-13-6-8-16-18(9-13)30-11-29-16/h2-4,6,8-9,15H,1,5,7,10-11H2,(H,23,25). The Labute approximate surface area is 172 Å². The quantitative estimate of drug-likeness (QED) is 0.784. The second kappa shape index (κ2) is 6.91. The molecular formula is C22H18N2O6. The van der Waals surface area contributed by atoms with Crippen molar-refractivity contribution in [3.63, 3.8) is 0 Å². The van der Waals surface area contributed by atoms with Crippen LogP contribution in [-0.4, -0.2) is 35.5 Å². The molecule has 0 radical (unpaired) electrons. The van der Waals surface area contributed by atoms with Crippen molar-refractivity contribution in [3.05, 3.63) is 65.4 Å². The number of ether oxygens (including phenoxy) is 3. The second-order valence-electron chi connectivity index (χ2n) is 7.28. The Bertz CT molecular complexity index is 1110. The van der Waals surface area contributed by atoms with Crippen LogP contribution in [0.2, 0.25) is 0 Å². The smallest absolute Gasteiger partial charge is 0.266 e. The van der Waals surface area contributed by atoms with Crippen LogP contribution < -0.4 is 19.5 Å². The van der Waals surface area contributed by atoms with Crippen LogP contribution in [0.4, 0.5) is 0 Å². The lowest BCUT2D eigenvalue weighted by atomic mass is 10.0. The zero-order chi connectivity index (χ0) is 20.8. The van der Waals surface area contributed by atoms with Crippen LogP contribution >= 0.6 is 0 Å². The predicted octanol–water partition coefficient (Wildman–Crippen LogP) is 2.38. The van der Waals surface area contributed by atoms with E-state index in [4.69, 9.17) is 14.2 Å². The van der Waals surface area contributed by atoms with Gasteiger partial charge in [0.05, 0.1) is 11.1 Å². The Hall–Kier alpha value is -3.81. The van der Waals surface area contributed by atoms with Gasteiger partial charge >= 0.3 is 0 Å². The third-order valence-electron chi connectivity index (χ3n) is 5.37. The van der Waals surface area contributed by atoms with Gasteiger partial charge in [0.25, 0.3) is 11.8 Å². The highest BCUT2D eigenvalue weighted by Crippen LogP contribution is 2.36. The number of amides is 3. The number of allylic oxidation sites excluding steroid dienone is 1. The molecule has 3 amide bonds. The molecule has 3 aliphatic rings. The predicted molar refractivity (Wildman–Crippen MR) is 104 cm³/mol. The van der Waals surface area contributed by atoms with Crippen LogP contribution in [-0.2, 0) is 11.4 Å². The van der Waals surface area contributed by atoms with E-state index in [0.29, 0.717) is 35.8 Å². The van der Waals surface area contributed by atoms with Gasteiger partial charge in [-0.15, -0.1) is 0 Å². The topological polar surface area (TPSA) is 94.2 Å². The summed E-state index contributed by atoms with van der Waals surface area (Å²) in [6.07, 6.45) is 0.862. The molecule has 0 spiro atoms. The van der Waals surface area contributed by atoms with E-state index in [9.17, 15) is 14.4 Å². The largest absolute Gasteiger partial charge is 0.488 e. The minimum Gasteiger partial charge on any atom is -0.488 e. The van der Waals surface area contributed by atoms with E-state index in [1.54, 1.807) is 24.3 Å². The first kappa shape index (κ1) is 18.2. The molecule has 0 aromatic heterocycles. The highest BCUT2D eigenvalue weighted by Gasteiger charge is 2.45. The first-order valence-corrected chi connectivity index (χ1v) is 9.54. The van der Waals surface area contributed by atoms with Crippen molar-refractivity contribution in [3.8, 4) is 17.2 Å². The molecular weight excluding hydrogens is 388 g/mol. The average Bonchev–Trinajstić information content (AvgIpc) is 3.30. The zero-order valence-electron chi connectivity index (χ0n) is 16.0. The van der Waals surface area contributed by atoms with Gasteiger partial charge in [-0.1, -0.05) is 18.7 Å². The summed E-state index contributed by atoms with van der Waals surface area (Å²) < 4.78 is 16.5. The van der Waals surface area contributed by atoms with E-state index in [1.807, 2.05) is 12.1 Å². The molecule has 2 aromatic carbocycles. The molecule has 8 nitrogen and oxygen atoms in total. The van der Waals surface area contributed by atoms with Crippen molar-refractivity contribution in [1.29, 1.82) is 0 Å². The number of carbonyl (C=O) groups is 3. The first-order chi connectivity index (χ1) is 14.5. The lowest BCUT2D eigenvalue weighted by Crippen LogP contribution is -2.51. The van der Waals surface area contributed by atoms with Crippen molar-refractivity contribution in [2.24, 2.45) is 0 Å². The highest BCUT2D eigenvalue weighted by atomic mass is 16.7. The Morgan fingerprint density at radius 1 is 1.10 bits per heavy atom. The van der Waals surface area contributed by atoms with Crippen molar-refractivity contribution in [2.45, 2.75) is 25.5 Å². The number of nitrogens with one attached hydrogen (secondary N) is 1. The Balaban J connectivity index is 1.39. The average molecular weight is 406 g/mol. The fraction of sp³-hybridized carbons (Fsp3) is 0.227. The minimum absolute atomic E-state index is 0.179. The number of imide groups is 1. The molecule has 1 fully saturated rings. The van der Waals surface area contributed by atoms with Gasteiger partial charge in [-0.2, -0.15) is 0 Å². The van der Waals surface area contributed by atoms with Crippen LogP contribution in [0.5, 0.6) is 17.2 Å². The molecule has 3 aliphatic heterocycles. The summed E-state index contributed by atoms with van der Waals surface area (Å²) in [6.45, 7) is 4.09. The molecule has 0 saturated carbocycles. The fourth-order valence-electron chi connectivity index (χ4n) is 3.88. The summed E-state index contributed by atoms with van der Waals surface area (Å²) in [5.41, 5.74) is 1.83. The van der Waals surface area contributed by atoms with Crippen LogP contribution in [0.3, 0.4) is 0 Å². The van der Waals surface area contributed by atoms with E-state index >= 15 is 0 Å². The van der Waals surface area contributed by atoms with Crippen LogP contribution in [0.25, 0.3) is 0 Å². The number of benzene rings is 2. The molecule has 0 bridgehead atoms. The Kier molecular flexibility index (Phi) is 4.20. The molecule has 1 unspecified atom stereocenters. The Morgan fingerprint density at radius 2 is 1.93 bits per heavy atom. The summed E-state index contributed by atoms with van der Waals surface area (Å²) in [5.74, 6) is 0.191. The third kappa shape index (κ3) is 2.88. The first-order valence-electron chi connectivity index (χ1n) is 9.54. The van der Waals surface area contributed by atoms with Crippen LogP contribution in [0.1, 0.15) is 39.1 Å². The maximum absolute atomic E-state index is 13.1. The zero-order valence-corrected chi connectivity index (χ0v) is 16.0. The number of hydrogen-bond acceptors (Lipinski definition) is 6. The summed E-state index contributed by atoms with van der Waals surface area (Å²) in [4.78, 5) is 39.4. The molecule has 1 saturated heterocycles. The lowest BCUT2D eigenvalue weighted by Gasteiger charge is -2.29. The van der Waals surface area contributed by atoms with Gasteiger partial charge in [0.1, 0.15) is 18.4 Å². The molecule has 8 heteroatoms. The molecule has 2 aromatic rings. The second-order valence-corrected chi connectivity index (χ2v) is 7.28. The maximum Gasteiger partial charge on any atom is 0.266 e. The summed E-state index contributed by atoms with van der Waals surface area (Å²) in [5, 5.41) is 2.62. The number of piperidine rings is 1. The van der Waals surface area contributed by atoms with E-state index in [0.717, 1.165) is 10.5 Å². The SMILES string of the molecule is C=C1CCC(N2C(=O)c3cccc(OCc4ccc5c(c4)OCO5)c3C2=O)C(=O)N1. The normalized spacial score (nSPS) is 19.7. The van der Waals surface area contributed by atoms with Gasteiger partial charge in [0, 0.05) is 5.70 Å². The van der Waals surface area contributed by atoms with E-state index < -0.39 is 23.8 Å². The highest BCUT2D eigenvalue weighted by molar-refractivity contribution is 6.24. The summed E-state index contributed by atoms with van der Waals surface area (Å²) in [6, 6.07) is 9.46. The van der Waals surface area contributed by atoms with E-state index in [1.165, 1.54) is 0 Å². The summed E-state index contributed by atoms with van der Waals surface area (Å²) in [7, 11) is 0. The number of hydrogen-bond donors (Lipinski definition) is 1. The van der Waals surface area contributed by atoms with Gasteiger partial charge in [-0.05, 0) is 42.7 Å². The van der Waals surface area contributed by atoms with Crippen molar-refractivity contribution in [1.82, 2.24) is 10.2 Å². The molecule has 1 N–H and O–H groups in total. The summed E-state index contributed by atoms with van der Waals surface area (Å²) >= 11 is 0. The monoisotopic (exact) mass is 406 g/mol. The van der Waals surface area contributed by atoms with Crippen molar-refractivity contribution >= 4 is 17.7 Å². The molecule has 3 heterocycles. The Morgan fingerprint density at radius 3 is 2.77 bits per heavy atom. The minimum atomic E-state index is -0.857. The van der Waals surface area contributed by atoms with Gasteiger partial charge in [-0.3, -0.25) is 19.3 Å². The van der Waals surface area contributed by atoms with Gasteiger partial charge < -0.3 is 19.5 Å². The molecule has 1 atom stereocenters. The maximum atomic E-state index is 13.1. The van der Waals surface area contributed by atoms with Gasteiger partial charge in [0.15, 0.2) is 11.5 Å². The molecule has 5 rings (SSSR count). The van der Waals surface area contributed by atoms with Crippen LogP contribution in [0, 0.1) is 0 Å². The molecule has 0 aliphatic carbocycles. The fourth-order valence-corrected chi connectivity index (χ4v) is 3.88. The van der Waals surface area contributed by atoms with Crippen LogP contribution in [0.15, 0.2) is 48.7 Å². The van der Waals surface area contributed by atoms with Crippen molar-refractivity contribution in [2.75, 3.05) is 6.79 Å². The van der Waals surface area contributed by atoms with Gasteiger partial charge in [0.2, 0.25) is 12.7 Å². The third-order valence-corrected chi connectivity index (χ3v) is 5.37. The lowest BCUT2D eigenvalue weighted by molar-refractivity contribution is -0.125. The van der Waals surface area contributed by atoms with E-state index in [-0.39, 0.29) is 24.5 Å². The molecule has 30 heavy (non-hydrogen) atoms. The number of carbonyl (C=O) groups excluding carboxylic acids is 3. The number of nitrogens with zero attached hydrogens (tertiary/aromatic N) is 1. The number of rotatable bonds is 4. The van der Waals surface area contributed by atoms with Gasteiger partial charge in [-0.25, -0.2) is 0 Å². The van der Waals surface area contributed by atoms with E-state index in [2.05, 4.69) is 11.9 Å². The number of fused-ring (bicyclic) bond motifs is 2. The molecule has 152 valence electrons.